The van der Waals surface area contributed by atoms with Crippen LogP contribution in [0.25, 0.3) is 5.57 Å². The molecule has 0 radical (unpaired) electrons. The number of allylic oxidation sites excluding steroid dienone is 1. The average Bonchev–Trinajstić information content (AvgIpc) is 3.15. The normalized spacial score (nSPS) is 13.1. The number of nitrogens with one attached hydrogen (secondary N) is 3. The number of carbonyl (C=O) groups is 2. The van der Waals surface area contributed by atoms with Crippen LogP contribution in [0, 0.1) is 0 Å². The molecule has 1 amide bonds. The molecule has 2 heterocycles. The molecule has 0 saturated heterocycles. The van der Waals surface area contributed by atoms with E-state index in [9.17, 15) is 9.59 Å². The van der Waals surface area contributed by atoms with Crippen molar-refractivity contribution in [1.29, 1.82) is 0 Å². The molecule has 0 unspecified atom stereocenters. The van der Waals surface area contributed by atoms with Crippen LogP contribution in [0.5, 0.6) is 0 Å². The number of rotatable bonds is 5. The predicted octanol–water partition coefficient (Wildman–Crippen LogP) is 3.22. The summed E-state index contributed by atoms with van der Waals surface area (Å²) in [6.07, 6.45) is 4.93. The Morgan fingerprint density at radius 2 is 1.83 bits per heavy atom. The fourth-order valence-electron chi connectivity index (χ4n) is 3.12. The van der Waals surface area contributed by atoms with Gasteiger partial charge in [-0.05, 0) is 60.4 Å². The zero-order chi connectivity index (χ0) is 20.9. The molecule has 2 aromatic carbocycles. The van der Waals surface area contributed by atoms with Crippen molar-refractivity contribution >= 4 is 41.2 Å². The van der Waals surface area contributed by atoms with Crippen molar-refractivity contribution in [3.05, 3.63) is 65.9 Å². The van der Waals surface area contributed by atoms with Crippen LogP contribution in [-0.4, -0.2) is 33.6 Å². The second-order valence-corrected chi connectivity index (χ2v) is 6.81. The minimum atomic E-state index is -0.518. The molecule has 9 heteroatoms. The number of hydrogen-bond acceptors (Lipinski definition) is 7. The quantitative estimate of drug-likeness (QED) is 0.482. The lowest BCUT2D eigenvalue weighted by Gasteiger charge is -2.14. The Hall–Kier alpha value is -4.14. The van der Waals surface area contributed by atoms with E-state index in [0.717, 1.165) is 35.9 Å². The molecule has 9 nitrogen and oxygen atoms in total. The number of aromatic nitrogens is 3. The third-order valence-corrected chi connectivity index (χ3v) is 4.68. The molecular weight excluding hydrogens is 382 g/mol. The largest absolute Gasteiger partial charge is 0.391 e. The molecule has 0 aliphatic carbocycles. The third-order valence-electron chi connectivity index (χ3n) is 4.68. The number of hydrogen-bond donors (Lipinski definition) is 4. The highest BCUT2D eigenvalue weighted by Gasteiger charge is 2.15. The van der Waals surface area contributed by atoms with Crippen LogP contribution in [-0.2, 0) is 0 Å². The first-order valence-corrected chi connectivity index (χ1v) is 9.51. The van der Waals surface area contributed by atoms with Crippen LogP contribution in [0.15, 0.2) is 54.7 Å². The maximum atomic E-state index is 12.6. The van der Waals surface area contributed by atoms with Gasteiger partial charge in [0.15, 0.2) is 0 Å². The standard InChI is InChI=1S/C21H21N7O2/c22-19-26-20(24-17-7-3-14(13-29)4-8-17)27-28(19)21(30)25-18-9-5-15(6-10-18)16-2-1-11-23-12-16/h3-10,12-13,23H,1-2,11H2,(H,25,30)(H3,22,24,26,27). The maximum absolute atomic E-state index is 12.6. The van der Waals surface area contributed by atoms with Crippen LogP contribution >= 0.6 is 0 Å². The number of amides is 1. The van der Waals surface area contributed by atoms with Crippen molar-refractivity contribution in [2.45, 2.75) is 12.8 Å². The Kier molecular flexibility index (Phi) is 5.42. The summed E-state index contributed by atoms with van der Waals surface area (Å²) in [7, 11) is 0. The molecule has 152 valence electrons. The van der Waals surface area contributed by atoms with Crippen LogP contribution in [0.4, 0.5) is 28.1 Å². The molecule has 0 saturated carbocycles. The number of benzene rings is 2. The summed E-state index contributed by atoms with van der Waals surface area (Å²) in [5, 5.41) is 13.1. The van der Waals surface area contributed by atoms with Gasteiger partial charge in [-0.2, -0.15) is 4.98 Å². The fraction of sp³-hybridized carbons (Fsp3) is 0.143. The van der Waals surface area contributed by atoms with Gasteiger partial charge in [0.2, 0.25) is 11.9 Å². The number of nitrogen functional groups attached to an aromatic ring is 1. The van der Waals surface area contributed by atoms with Crippen molar-refractivity contribution < 1.29 is 9.59 Å². The van der Waals surface area contributed by atoms with E-state index in [2.05, 4.69) is 26.0 Å². The molecule has 0 spiro atoms. The molecule has 1 aliphatic rings. The van der Waals surface area contributed by atoms with Crippen LogP contribution in [0.2, 0.25) is 0 Å². The van der Waals surface area contributed by atoms with Gasteiger partial charge in [0.25, 0.3) is 0 Å². The van der Waals surface area contributed by atoms with Crippen molar-refractivity contribution in [2.75, 3.05) is 22.9 Å². The first-order valence-electron chi connectivity index (χ1n) is 9.51. The van der Waals surface area contributed by atoms with E-state index >= 15 is 0 Å². The summed E-state index contributed by atoms with van der Waals surface area (Å²) < 4.78 is 0.990. The first kappa shape index (κ1) is 19.2. The Labute approximate surface area is 173 Å². The summed E-state index contributed by atoms with van der Waals surface area (Å²) in [6, 6.07) is 13.8. The van der Waals surface area contributed by atoms with E-state index in [4.69, 9.17) is 5.73 Å². The lowest BCUT2D eigenvalue weighted by atomic mass is 10.00. The van der Waals surface area contributed by atoms with E-state index < -0.39 is 6.03 Å². The Balaban J connectivity index is 1.43. The van der Waals surface area contributed by atoms with Crippen molar-refractivity contribution in [1.82, 2.24) is 20.1 Å². The molecule has 4 rings (SSSR count). The van der Waals surface area contributed by atoms with E-state index in [-0.39, 0.29) is 11.9 Å². The summed E-state index contributed by atoms with van der Waals surface area (Å²) in [6.45, 7) is 0.998. The van der Waals surface area contributed by atoms with Gasteiger partial charge < -0.3 is 21.7 Å². The topological polar surface area (TPSA) is 127 Å². The van der Waals surface area contributed by atoms with Crippen LogP contribution in [0.1, 0.15) is 28.8 Å². The summed E-state index contributed by atoms with van der Waals surface area (Å²) in [5.74, 6) is 0.128. The fourth-order valence-corrected chi connectivity index (χ4v) is 3.12. The second-order valence-electron chi connectivity index (χ2n) is 6.81. The highest BCUT2D eigenvalue weighted by atomic mass is 16.2. The highest BCUT2D eigenvalue weighted by molar-refractivity contribution is 5.92. The zero-order valence-corrected chi connectivity index (χ0v) is 16.1. The molecule has 0 atom stereocenters. The Bertz CT molecular complexity index is 1090. The molecule has 5 N–H and O–H groups in total. The zero-order valence-electron chi connectivity index (χ0n) is 16.1. The summed E-state index contributed by atoms with van der Waals surface area (Å²) in [4.78, 5) is 27.3. The van der Waals surface area contributed by atoms with Gasteiger partial charge in [-0.25, -0.2) is 4.79 Å². The number of nitrogens with two attached hydrogens (primary N) is 1. The van der Waals surface area contributed by atoms with Gasteiger partial charge in [0.1, 0.15) is 6.29 Å². The van der Waals surface area contributed by atoms with Crippen LogP contribution in [0.3, 0.4) is 0 Å². The highest BCUT2D eigenvalue weighted by Crippen LogP contribution is 2.23. The van der Waals surface area contributed by atoms with Crippen molar-refractivity contribution in [2.24, 2.45) is 0 Å². The minimum absolute atomic E-state index is 0.0467. The number of aldehydes is 1. The van der Waals surface area contributed by atoms with Gasteiger partial charge in [-0.1, -0.05) is 12.1 Å². The lowest BCUT2D eigenvalue weighted by Crippen LogP contribution is -2.22. The number of carbonyl (C=O) groups excluding carboxylic acids is 2. The lowest BCUT2D eigenvalue weighted by molar-refractivity contribution is 0.112. The molecule has 30 heavy (non-hydrogen) atoms. The predicted molar refractivity (Wildman–Crippen MR) is 116 cm³/mol. The molecule has 3 aromatic rings. The average molecular weight is 403 g/mol. The van der Waals surface area contributed by atoms with Gasteiger partial charge >= 0.3 is 6.03 Å². The van der Waals surface area contributed by atoms with Crippen molar-refractivity contribution in [3.8, 4) is 0 Å². The van der Waals surface area contributed by atoms with Gasteiger partial charge in [0.05, 0.1) is 0 Å². The third kappa shape index (κ3) is 4.30. The van der Waals surface area contributed by atoms with Gasteiger partial charge in [0, 0.05) is 29.7 Å². The number of nitrogens with zero attached hydrogens (tertiary/aromatic N) is 3. The van der Waals surface area contributed by atoms with Crippen molar-refractivity contribution in [3.63, 3.8) is 0 Å². The molecule has 0 fully saturated rings. The maximum Gasteiger partial charge on any atom is 0.349 e. The van der Waals surface area contributed by atoms with E-state index in [1.807, 2.05) is 30.5 Å². The number of anilines is 4. The van der Waals surface area contributed by atoms with Gasteiger partial charge in [-0.15, -0.1) is 9.78 Å². The first-order chi connectivity index (χ1) is 14.6. The Morgan fingerprint density at radius 3 is 2.50 bits per heavy atom. The summed E-state index contributed by atoms with van der Waals surface area (Å²) in [5.41, 5.74) is 10.1. The minimum Gasteiger partial charge on any atom is -0.391 e. The molecule has 0 bridgehead atoms. The Morgan fingerprint density at radius 1 is 1.10 bits per heavy atom. The SMILES string of the molecule is Nc1nc(Nc2ccc(C=O)cc2)nn1C(=O)Nc1ccc(C2=CNCCC2)cc1. The second kappa shape index (κ2) is 8.48. The smallest absolute Gasteiger partial charge is 0.349 e. The van der Waals surface area contributed by atoms with Gasteiger partial charge in [-0.3, -0.25) is 4.79 Å². The molecule has 1 aliphatic heterocycles. The summed E-state index contributed by atoms with van der Waals surface area (Å²) >= 11 is 0. The van der Waals surface area contributed by atoms with E-state index in [1.165, 1.54) is 5.57 Å². The molecule has 1 aromatic heterocycles. The molecular formula is C21H21N7O2. The van der Waals surface area contributed by atoms with Crippen LogP contribution < -0.4 is 21.7 Å². The van der Waals surface area contributed by atoms with E-state index in [0.29, 0.717) is 16.9 Å². The monoisotopic (exact) mass is 403 g/mol. The van der Waals surface area contributed by atoms with E-state index in [1.54, 1.807) is 24.3 Å².